The van der Waals surface area contributed by atoms with Gasteiger partial charge in [0.25, 0.3) is 0 Å². The summed E-state index contributed by atoms with van der Waals surface area (Å²) in [6, 6.07) is 6.37. The topological polar surface area (TPSA) is 77.8 Å². The van der Waals surface area contributed by atoms with Gasteiger partial charge in [-0.05, 0) is 45.1 Å². The number of carboxylic acids is 1. The molecule has 1 heterocycles. The molecule has 1 aliphatic heterocycles. The third kappa shape index (κ3) is 8.40. The van der Waals surface area contributed by atoms with Crippen LogP contribution in [0.3, 0.4) is 0 Å². The summed E-state index contributed by atoms with van der Waals surface area (Å²) in [7, 11) is 0. The van der Waals surface area contributed by atoms with Crippen LogP contribution < -0.4 is 0 Å². The summed E-state index contributed by atoms with van der Waals surface area (Å²) in [5.41, 5.74) is 3.52. The summed E-state index contributed by atoms with van der Waals surface area (Å²) in [5, 5.41) is 19.1. The van der Waals surface area contributed by atoms with Gasteiger partial charge in [-0.1, -0.05) is 54.3 Å². The fourth-order valence-electron chi connectivity index (χ4n) is 4.10. The van der Waals surface area contributed by atoms with Gasteiger partial charge < -0.3 is 15.1 Å². The zero-order valence-electron chi connectivity index (χ0n) is 17.8. The Bertz CT molecular complexity index is 693. The number of piperidine rings is 1. The highest BCUT2D eigenvalue weighted by atomic mass is 16.4. The summed E-state index contributed by atoms with van der Waals surface area (Å²) in [4.78, 5) is 24.9. The molecule has 1 amide bonds. The zero-order valence-corrected chi connectivity index (χ0v) is 17.8. The molecule has 0 aliphatic carbocycles. The molecule has 1 aromatic carbocycles. The minimum Gasteiger partial charge on any atom is -0.481 e. The number of aryl methyl sites for hydroxylation is 2. The Kier molecular flexibility index (Phi) is 9.39. The lowest BCUT2D eigenvalue weighted by Gasteiger charge is -2.34. The van der Waals surface area contributed by atoms with Crippen LogP contribution >= 0.6 is 0 Å². The summed E-state index contributed by atoms with van der Waals surface area (Å²) in [6.45, 7) is 4.83. The third-order valence-electron chi connectivity index (χ3n) is 5.43. The van der Waals surface area contributed by atoms with Crippen LogP contribution in [0.15, 0.2) is 30.4 Å². The molecule has 0 bridgehead atoms. The lowest BCUT2D eigenvalue weighted by atomic mass is 9.98. The van der Waals surface area contributed by atoms with Gasteiger partial charge in [0, 0.05) is 25.8 Å². The summed E-state index contributed by atoms with van der Waals surface area (Å²) >= 11 is 0. The van der Waals surface area contributed by atoms with Gasteiger partial charge in [0.15, 0.2) is 0 Å². The Morgan fingerprint density at radius 2 is 1.86 bits per heavy atom. The Labute approximate surface area is 174 Å². The molecule has 1 unspecified atom stereocenters. The van der Waals surface area contributed by atoms with Gasteiger partial charge in [-0.3, -0.25) is 9.59 Å². The van der Waals surface area contributed by atoms with Crippen molar-refractivity contribution >= 4 is 11.9 Å². The Balaban J connectivity index is 1.85. The van der Waals surface area contributed by atoms with E-state index in [9.17, 15) is 14.7 Å². The summed E-state index contributed by atoms with van der Waals surface area (Å²) < 4.78 is 0. The first-order chi connectivity index (χ1) is 13.8. The zero-order chi connectivity index (χ0) is 21.2. The van der Waals surface area contributed by atoms with Crippen molar-refractivity contribution in [3.63, 3.8) is 0 Å². The van der Waals surface area contributed by atoms with Crippen LogP contribution in [0.5, 0.6) is 0 Å². The van der Waals surface area contributed by atoms with E-state index in [1.54, 1.807) is 0 Å². The molecule has 5 nitrogen and oxygen atoms in total. The molecule has 1 aliphatic rings. The number of hydrogen-bond donors (Lipinski definition) is 2. The van der Waals surface area contributed by atoms with Gasteiger partial charge in [-0.2, -0.15) is 0 Å². The lowest BCUT2D eigenvalue weighted by molar-refractivity contribution is -0.137. The fourth-order valence-corrected chi connectivity index (χ4v) is 4.10. The van der Waals surface area contributed by atoms with Crippen molar-refractivity contribution in [2.24, 2.45) is 0 Å². The average molecular weight is 402 g/mol. The molecule has 0 aromatic heterocycles. The highest BCUT2D eigenvalue weighted by Crippen LogP contribution is 2.21. The van der Waals surface area contributed by atoms with Crippen molar-refractivity contribution in [1.82, 2.24) is 4.90 Å². The van der Waals surface area contributed by atoms with Crippen molar-refractivity contribution in [1.29, 1.82) is 0 Å². The number of aliphatic hydroxyl groups excluding tert-OH is 1. The van der Waals surface area contributed by atoms with E-state index in [1.165, 1.54) is 11.1 Å². The molecular weight excluding hydrogens is 366 g/mol. The van der Waals surface area contributed by atoms with Gasteiger partial charge in [0.05, 0.1) is 12.1 Å². The molecule has 2 rings (SSSR count). The number of carboxylic acid groups (broad SMARTS) is 1. The number of aliphatic hydroxyl groups is 1. The second-order valence-electron chi connectivity index (χ2n) is 8.26. The van der Waals surface area contributed by atoms with Crippen LogP contribution in [0.4, 0.5) is 0 Å². The number of aliphatic carboxylic acids is 1. The highest BCUT2D eigenvalue weighted by Gasteiger charge is 2.25. The van der Waals surface area contributed by atoms with Crippen LogP contribution in [0.1, 0.15) is 68.1 Å². The lowest BCUT2D eigenvalue weighted by Crippen LogP contribution is -2.43. The number of amides is 1. The minimum atomic E-state index is -0.749. The Morgan fingerprint density at radius 3 is 2.55 bits per heavy atom. The van der Waals surface area contributed by atoms with Crippen molar-refractivity contribution < 1.29 is 19.8 Å². The van der Waals surface area contributed by atoms with Gasteiger partial charge in [-0.25, -0.2) is 0 Å². The van der Waals surface area contributed by atoms with Crippen LogP contribution in [0.25, 0.3) is 0 Å². The Hall–Kier alpha value is -2.14. The van der Waals surface area contributed by atoms with E-state index in [4.69, 9.17) is 5.11 Å². The van der Waals surface area contributed by atoms with E-state index >= 15 is 0 Å². The van der Waals surface area contributed by atoms with Crippen molar-refractivity contribution in [2.75, 3.05) is 6.54 Å². The predicted octanol–water partition coefficient (Wildman–Crippen LogP) is 4.18. The first-order valence-electron chi connectivity index (χ1n) is 10.8. The first-order valence-corrected chi connectivity index (χ1v) is 10.8. The standard InChI is InChI=1S/C24H35NO4/c1-18-14-19(2)16-20(15-18)17-22(26)12-11-21-8-7-9-23(27)25(21)13-6-4-3-5-10-24(28)29/h11-12,14-16,21-22,26H,3-10,13,17H2,1-2H3,(H,28,29)/t21-,22?/m1/s1. The molecular formula is C24H35NO4. The number of hydrogen-bond acceptors (Lipinski definition) is 3. The molecule has 0 spiro atoms. The number of unbranched alkanes of at least 4 members (excludes halogenated alkanes) is 3. The quantitative estimate of drug-likeness (QED) is 0.431. The fraction of sp³-hybridized carbons (Fsp3) is 0.583. The molecule has 0 radical (unpaired) electrons. The molecule has 2 atom stereocenters. The molecule has 1 saturated heterocycles. The highest BCUT2D eigenvalue weighted by molar-refractivity contribution is 5.77. The molecule has 1 aromatic rings. The van der Waals surface area contributed by atoms with E-state index in [1.807, 2.05) is 17.1 Å². The number of carbonyl (C=O) groups is 2. The first kappa shape index (κ1) is 23.1. The van der Waals surface area contributed by atoms with Gasteiger partial charge in [0.1, 0.15) is 0 Å². The van der Waals surface area contributed by atoms with Crippen LogP contribution in [-0.4, -0.2) is 45.7 Å². The van der Waals surface area contributed by atoms with Crippen molar-refractivity contribution in [3.8, 4) is 0 Å². The predicted molar refractivity (Wildman–Crippen MR) is 115 cm³/mol. The van der Waals surface area contributed by atoms with E-state index in [2.05, 4.69) is 32.0 Å². The molecule has 1 fully saturated rings. The number of carbonyl (C=O) groups excluding carboxylic acids is 1. The maximum atomic E-state index is 12.4. The second kappa shape index (κ2) is 11.8. The van der Waals surface area contributed by atoms with E-state index < -0.39 is 12.1 Å². The largest absolute Gasteiger partial charge is 0.481 e. The number of benzene rings is 1. The molecule has 29 heavy (non-hydrogen) atoms. The van der Waals surface area contributed by atoms with Gasteiger partial charge in [-0.15, -0.1) is 0 Å². The van der Waals surface area contributed by atoms with Crippen LogP contribution in [0, 0.1) is 13.8 Å². The second-order valence-corrected chi connectivity index (χ2v) is 8.26. The number of likely N-dealkylation sites (tertiary alicyclic amines) is 1. The van der Waals surface area contributed by atoms with E-state index in [0.717, 1.165) is 37.7 Å². The van der Waals surface area contributed by atoms with Crippen molar-refractivity contribution in [2.45, 2.75) is 83.8 Å². The normalized spacial score (nSPS) is 18.4. The molecule has 0 saturated carbocycles. The van der Waals surface area contributed by atoms with E-state index in [0.29, 0.717) is 25.8 Å². The summed E-state index contributed by atoms with van der Waals surface area (Å²) in [5.74, 6) is -0.568. The molecule has 160 valence electrons. The van der Waals surface area contributed by atoms with Crippen LogP contribution in [-0.2, 0) is 16.0 Å². The van der Waals surface area contributed by atoms with Gasteiger partial charge >= 0.3 is 5.97 Å². The van der Waals surface area contributed by atoms with Crippen LogP contribution in [0.2, 0.25) is 0 Å². The molecule has 2 N–H and O–H groups in total. The number of nitrogens with zero attached hydrogens (tertiary/aromatic N) is 1. The van der Waals surface area contributed by atoms with Crippen molar-refractivity contribution in [3.05, 3.63) is 47.0 Å². The molecule has 5 heteroatoms. The average Bonchev–Trinajstić information content (AvgIpc) is 2.63. The maximum Gasteiger partial charge on any atom is 0.303 e. The third-order valence-corrected chi connectivity index (χ3v) is 5.43. The van der Waals surface area contributed by atoms with Gasteiger partial charge in [0.2, 0.25) is 5.91 Å². The minimum absolute atomic E-state index is 0.0455. The smallest absolute Gasteiger partial charge is 0.303 e. The summed E-state index contributed by atoms with van der Waals surface area (Å²) in [6.07, 6.45) is 9.85. The Morgan fingerprint density at radius 1 is 1.17 bits per heavy atom. The monoisotopic (exact) mass is 401 g/mol. The maximum absolute atomic E-state index is 12.4. The van der Waals surface area contributed by atoms with E-state index in [-0.39, 0.29) is 18.4 Å². The number of rotatable bonds is 11. The SMILES string of the molecule is Cc1cc(C)cc(CC(O)C=C[C@H]2CCCC(=O)N2CCCCCCC(=O)O)c1.